The van der Waals surface area contributed by atoms with Crippen LogP contribution in [0.2, 0.25) is 0 Å². The van der Waals surface area contributed by atoms with E-state index in [0.29, 0.717) is 0 Å². The van der Waals surface area contributed by atoms with E-state index in [1.165, 1.54) is 6.07 Å². The van der Waals surface area contributed by atoms with Crippen LogP contribution in [0, 0.1) is 5.82 Å². The number of ketones is 1. The summed E-state index contributed by atoms with van der Waals surface area (Å²) in [5.74, 6) is -3.55. The second kappa shape index (κ2) is 4.77. The van der Waals surface area contributed by atoms with Gasteiger partial charge in [0.25, 0.3) is 11.7 Å². The van der Waals surface area contributed by atoms with Crippen LogP contribution in [0.5, 0.6) is 0 Å². The molecule has 1 aliphatic rings. The Morgan fingerprint density at radius 1 is 1.37 bits per heavy atom. The second-order valence-corrected chi connectivity index (χ2v) is 4.16. The minimum Gasteiger partial charge on any atom is -0.481 e. The van der Waals surface area contributed by atoms with E-state index in [4.69, 9.17) is 5.11 Å². The van der Waals surface area contributed by atoms with Crippen LogP contribution in [0.4, 0.5) is 10.1 Å². The number of halogens is 1. The number of aliphatic hydroxyl groups excluding tert-OH is 1. The first-order valence-corrected chi connectivity index (χ1v) is 5.45. The van der Waals surface area contributed by atoms with Gasteiger partial charge in [0, 0.05) is 0 Å². The standard InChI is InChI=1S/C12H10FNO5/c13-6-1-2-8-9(3-6)14(12(19)11(8)18)5-7(15)4-10(16)17/h1-3,7,15H,4-5H2,(H,16,17). The maximum Gasteiger partial charge on any atom is 0.306 e. The lowest BCUT2D eigenvalue weighted by Crippen LogP contribution is -2.37. The molecule has 7 heteroatoms. The first-order chi connectivity index (χ1) is 8.90. The number of aliphatic hydroxyl groups is 1. The normalized spacial score (nSPS) is 15.6. The van der Waals surface area contributed by atoms with Crippen LogP contribution in [-0.2, 0) is 9.59 Å². The maximum absolute atomic E-state index is 13.1. The van der Waals surface area contributed by atoms with Gasteiger partial charge in [0.2, 0.25) is 0 Å². The molecule has 1 aromatic carbocycles. The summed E-state index contributed by atoms with van der Waals surface area (Å²) in [5, 5.41) is 18.0. The number of fused-ring (bicyclic) bond motifs is 1. The summed E-state index contributed by atoms with van der Waals surface area (Å²) in [6.45, 7) is -0.368. The molecule has 1 atom stereocenters. The number of aliphatic carboxylic acids is 1. The van der Waals surface area contributed by atoms with E-state index in [2.05, 4.69) is 0 Å². The molecule has 0 saturated heterocycles. The summed E-state index contributed by atoms with van der Waals surface area (Å²) in [5.41, 5.74) is 0.105. The highest BCUT2D eigenvalue weighted by atomic mass is 19.1. The smallest absolute Gasteiger partial charge is 0.306 e. The van der Waals surface area contributed by atoms with Crippen LogP contribution in [-0.4, -0.2) is 40.5 Å². The predicted molar refractivity (Wildman–Crippen MR) is 61.3 cm³/mol. The van der Waals surface area contributed by atoms with Crippen molar-refractivity contribution < 1.29 is 29.0 Å². The molecule has 0 bridgehead atoms. The van der Waals surface area contributed by atoms with E-state index < -0.39 is 36.0 Å². The number of carbonyl (C=O) groups excluding carboxylic acids is 2. The van der Waals surface area contributed by atoms with Gasteiger partial charge in [-0.2, -0.15) is 0 Å². The Hall–Kier alpha value is -2.28. The van der Waals surface area contributed by atoms with Gasteiger partial charge >= 0.3 is 5.97 Å². The van der Waals surface area contributed by atoms with E-state index >= 15 is 0 Å². The Labute approximate surface area is 107 Å². The molecule has 0 aromatic heterocycles. The molecule has 6 nitrogen and oxygen atoms in total. The highest BCUT2D eigenvalue weighted by Gasteiger charge is 2.37. The number of benzene rings is 1. The van der Waals surface area contributed by atoms with Crippen LogP contribution in [0.3, 0.4) is 0 Å². The summed E-state index contributed by atoms with van der Waals surface area (Å²) in [6.07, 6.45) is -1.90. The molecule has 0 saturated carbocycles. The molecule has 0 aliphatic carbocycles. The van der Waals surface area contributed by atoms with Gasteiger partial charge in [-0.05, 0) is 18.2 Å². The van der Waals surface area contributed by atoms with Gasteiger partial charge in [-0.3, -0.25) is 14.4 Å². The molecule has 1 aromatic rings. The molecular formula is C12H10FNO5. The van der Waals surface area contributed by atoms with Gasteiger partial charge in [0.05, 0.1) is 30.3 Å². The summed E-state index contributed by atoms with van der Waals surface area (Å²) in [7, 11) is 0. The third kappa shape index (κ3) is 2.45. The number of Topliss-reactive ketones (excluding diaryl/α,β-unsaturated/α-hetero) is 1. The van der Waals surface area contributed by atoms with E-state index in [1.54, 1.807) is 0 Å². The molecule has 1 unspecified atom stereocenters. The van der Waals surface area contributed by atoms with E-state index in [9.17, 15) is 23.9 Å². The van der Waals surface area contributed by atoms with Gasteiger partial charge in [0.1, 0.15) is 5.82 Å². The van der Waals surface area contributed by atoms with E-state index in [-0.39, 0.29) is 17.8 Å². The number of anilines is 1. The second-order valence-electron chi connectivity index (χ2n) is 4.16. The van der Waals surface area contributed by atoms with Crippen LogP contribution in [0.15, 0.2) is 18.2 Å². The number of hydrogen-bond acceptors (Lipinski definition) is 4. The number of carboxylic acid groups (broad SMARTS) is 1. The molecule has 0 radical (unpaired) electrons. The largest absolute Gasteiger partial charge is 0.481 e. The van der Waals surface area contributed by atoms with Gasteiger partial charge < -0.3 is 15.1 Å². The molecule has 1 heterocycles. The average Bonchev–Trinajstić information content (AvgIpc) is 2.53. The fourth-order valence-electron chi connectivity index (χ4n) is 1.93. The Balaban J connectivity index is 2.27. The van der Waals surface area contributed by atoms with Crippen molar-refractivity contribution in [1.29, 1.82) is 0 Å². The molecule has 0 fully saturated rings. The topological polar surface area (TPSA) is 94.9 Å². The first-order valence-electron chi connectivity index (χ1n) is 5.45. The third-order valence-electron chi connectivity index (χ3n) is 2.74. The first kappa shape index (κ1) is 13.2. The number of hydrogen-bond donors (Lipinski definition) is 2. The minimum atomic E-state index is -1.33. The molecule has 0 spiro atoms. The summed E-state index contributed by atoms with van der Waals surface area (Å²) in [4.78, 5) is 34.6. The van der Waals surface area contributed by atoms with Gasteiger partial charge in [-0.15, -0.1) is 0 Å². The Bertz CT molecular complexity index is 571. The van der Waals surface area contributed by atoms with Crippen molar-refractivity contribution in [3.05, 3.63) is 29.6 Å². The Kier molecular flexibility index (Phi) is 3.30. The number of amides is 1. The van der Waals surface area contributed by atoms with Gasteiger partial charge in [-0.1, -0.05) is 0 Å². The van der Waals surface area contributed by atoms with Crippen LogP contribution in [0.1, 0.15) is 16.8 Å². The molecular weight excluding hydrogens is 257 g/mol. The fourth-order valence-corrected chi connectivity index (χ4v) is 1.93. The number of nitrogens with zero attached hydrogens (tertiary/aromatic N) is 1. The molecule has 100 valence electrons. The number of carboxylic acids is 1. The molecule has 2 rings (SSSR count). The van der Waals surface area contributed by atoms with Crippen molar-refractivity contribution in [2.24, 2.45) is 0 Å². The van der Waals surface area contributed by atoms with Crippen molar-refractivity contribution in [3.63, 3.8) is 0 Å². The van der Waals surface area contributed by atoms with Crippen LogP contribution in [0.25, 0.3) is 0 Å². The zero-order valence-corrected chi connectivity index (χ0v) is 9.67. The van der Waals surface area contributed by atoms with Crippen LogP contribution >= 0.6 is 0 Å². The van der Waals surface area contributed by atoms with E-state index in [1.807, 2.05) is 0 Å². The highest BCUT2D eigenvalue weighted by Crippen LogP contribution is 2.29. The number of β-amino-alcohol motifs (C(OH)–C–C–N with tert-alkyl or cyclic N) is 1. The quantitative estimate of drug-likeness (QED) is 0.759. The van der Waals surface area contributed by atoms with Gasteiger partial charge in [0.15, 0.2) is 0 Å². The Morgan fingerprint density at radius 3 is 2.68 bits per heavy atom. The SMILES string of the molecule is O=C(O)CC(O)CN1C(=O)C(=O)c2ccc(F)cc21. The molecule has 1 amide bonds. The predicted octanol–water partition coefficient (Wildman–Crippen LogP) is 0.191. The Morgan fingerprint density at radius 2 is 2.05 bits per heavy atom. The third-order valence-corrected chi connectivity index (χ3v) is 2.74. The monoisotopic (exact) mass is 267 g/mol. The van der Waals surface area contributed by atoms with Crippen molar-refractivity contribution in [2.75, 3.05) is 11.4 Å². The lowest BCUT2D eigenvalue weighted by molar-refractivity contribution is -0.139. The summed E-state index contributed by atoms with van der Waals surface area (Å²) in [6, 6.07) is 3.25. The van der Waals surface area contributed by atoms with Gasteiger partial charge in [-0.25, -0.2) is 4.39 Å². The zero-order valence-electron chi connectivity index (χ0n) is 9.67. The van der Waals surface area contributed by atoms with Crippen molar-refractivity contribution in [3.8, 4) is 0 Å². The molecule has 2 N–H and O–H groups in total. The number of rotatable bonds is 4. The summed E-state index contributed by atoms with van der Waals surface area (Å²) >= 11 is 0. The van der Waals surface area contributed by atoms with Crippen molar-refractivity contribution in [1.82, 2.24) is 0 Å². The number of carbonyl (C=O) groups is 3. The molecule has 19 heavy (non-hydrogen) atoms. The molecule has 1 aliphatic heterocycles. The van der Waals surface area contributed by atoms with Crippen molar-refractivity contribution >= 4 is 23.3 Å². The van der Waals surface area contributed by atoms with Crippen LogP contribution < -0.4 is 4.90 Å². The average molecular weight is 267 g/mol. The zero-order chi connectivity index (χ0) is 14.2. The highest BCUT2D eigenvalue weighted by molar-refractivity contribution is 6.52. The fraction of sp³-hybridized carbons (Fsp3) is 0.250. The lowest BCUT2D eigenvalue weighted by atomic mass is 10.1. The summed E-state index contributed by atoms with van der Waals surface area (Å²) < 4.78 is 13.1. The minimum absolute atomic E-state index is 0.0499. The lowest BCUT2D eigenvalue weighted by Gasteiger charge is -2.19. The van der Waals surface area contributed by atoms with Crippen molar-refractivity contribution in [2.45, 2.75) is 12.5 Å². The van der Waals surface area contributed by atoms with E-state index in [0.717, 1.165) is 17.0 Å². The maximum atomic E-state index is 13.1.